The summed E-state index contributed by atoms with van der Waals surface area (Å²) in [7, 11) is 0. The molecule has 0 unspecified atom stereocenters. The zero-order valence-corrected chi connectivity index (χ0v) is 8.90. The van der Waals surface area contributed by atoms with Crippen LogP contribution in [0.2, 0.25) is 0 Å². The maximum Gasteiger partial charge on any atom is 0.287 e. The number of nitrogens with one attached hydrogen (secondary N) is 1. The number of alkyl halides is 2. The summed E-state index contributed by atoms with van der Waals surface area (Å²) < 4.78 is 25.8. The van der Waals surface area contributed by atoms with Gasteiger partial charge in [-0.15, -0.1) is 0 Å². The lowest BCUT2D eigenvalue weighted by Gasteiger charge is -2.15. The second-order valence-electron chi connectivity index (χ2n) is 3.61. The first-order valence-corrected chi connectivity index (χ1v) is 5.05. The van der Waals surface area contributed by atoms with Crippen LogP contribution < -0.4 is 5.32 Å². The molecule has 4 nitrogen and oxygen atoms in total. The summed E-state index contributed by atoms with van der Waals surface area (Å²) >= 11 is 0. The van der Waals surface area contributed by atoms with Crippen LogP contribution in [0.1, 0.15) is 0 Å². The molecule has 0 aliphatic carbocycles. The maximum absolute atomic E-state index is 12.9. The normalized spacial score (nSPS) is 11.7. The Morgan fingerprint density at radius 2 is 2.00 bits per heavy atom. The molecule has 2 rings (SSSR count). The molecule has 2 N–H and O–H groups in total. The van der Waals surface area contributed by atoms with Crippen LogP contribution in [-0.4, -0.2) is 34.1 Å². The topological polar surface area (TPSA) is 58.0 Å². The Kier molecular flexibility index (Phi) is 3.14. The van der Waals surface area contributed by atoms with E-state index in [9.17, 15) is 8.78 Å². The van der Waals surface area contributed by atoms with Crippen LogP contribution in [0.3, 0.4) is 0 Å². The van der Waals surface area contributed by atoms with Crippen molar-refractivity contribution in [3.63, 3.8) is 0 Å². The molecule has 1 aromatic heterocycles. The zero-order valence-electron chi connectivity index (χ0n) is 8.90. The average molecular weight is 239 g/mol. The van der Waals surface area contributed by atoms with Crippen LogP contribution in [0, 0.1) is 0 Å². The van der Waals surface area contributed by atoms with Crippen molar-refractivity contribution in [3.8, 4) is 0 Å². The zero-order chi connectivity index (χ0) is 12.3. The lowest BCUT2D eigenvalue weighted by atomic mass is 10.2. The highest BCUT2D eigenvalue weighted by molar-refractivity contribution is 5.88. The molecule has 6 heteroatoms. The van der Waals surface area contributed by atoms with Crippen molar-refractivity contribution in [2.75, 3.05) is 18.5 Å². The lowest BCUT2D eigenvalue weighted by molar-refractivity contribution is -0.0373. The number of rotatable bonds is 4. The summed E-state index contributed by atoms with van der Waals surface area (Å²) in [6, 6.07) is 7.10. The highest BCUT2D eigenvalue weighted by Crippen LogP contribution is 2.20. The van der Waals surface area contributed by atoms with E-state index in [0.29, 0.717) is 16.7 Å². The van der Waals surface area contributed by atoms with Gasteiger partial charge in [-0.25, -0.2) is 18.7 Å². The number of para-hydroxylation sites is 1. The molecule has 0 saturated heterocycles. The molecule has 0 fully saturated rings. The summed E-state index contributed by atoms with van der Waals surface area (Å²) in [4.78, 5) is 7.93. The van der Waals surface area contributed by atoms with Crippen molar-refractivity contribution in [1.29, 1.82) is 0 Å². The Hall–Kier alpha value is -1.82. The quantitative estimate of drug-likeness (QED) is 0.852. The molecule has 0 bridgehead atoms. The standard InChI is InChI=1S/C11H11F2N3O/c12-11(13,6-17)5-14-10-8-3-1-2-4-9(8)15-7-16-10/h1-4,7,17H,5-6H2,(H,14,15,16). The van der Waals surface area contributed by atoms with Crippen LogP contribution in [0.15, 0.2) is 30.6 Å². The molecule has 90 valence electrons. The molecule has 0 radical (unpaired) electrons. The third kappa shape index (κ3) is 2.65. The van der Waals surface area contributed by atoms with E-state index in [-0.39, 0.29) is 0 Å². The van der Waals surface area contributed by atoms with Crippen molar-refractivity contribution in [2.24, 2.45) is 0 Å². The molecular formula is C11H11F2N3O. The van der Waals surface area contributed by atoms with Gasteiger partial charge >= 0.3 is 0 Å². The predicted octanol–water partition coefficient (Wildman–Crippen LogP) is 1.67. The molecule has 1 heterocycles. The average Bonchev–Trinajstić information content (AvgIpc) is 2.36. The molecule has 2 aromatic rings. The Balaban J connectivity index is 2.24. The van der Waals surface area contributed by atoms with Gasteiger partial charge in [0.1, 0.15) is 18.8 Å². The van der Waals surface area contributed by atoms with Gasteiger partial charge in [-0.2, -0.15) is 0 Å². The largest absolute Gasteiger partial charge is 0.390 e. The molecule has 0 atom stereocenters. The number of halogens is 2. The highest BCUT2D eigenvalue weighted by Gasteiger charge is 2.27. The minimum absolute atomic E-state index is 0.337. The minimum atomic E-state index is -3.16. The van der Waals surface area contributed by atoms with E-state index < -0.39 is 19.1 Å². The van der Waals surface area contributed by atoms with Gasteiger partial charge < -0.3 is 10.4 Å². The van der Waals surface area contributed by atoms with E-state index in [1.54, 1.807) is 24.3 Å². The smallest absolute Gasteiger partial charge is 0.287 e. The summed E-state index contributed by atoms with van der Waals surface area (Å²) in [5.41, 5.74) is 0.678. The number of hydrogen-bond acceptors (Lipinski definition) is 4. The van der Waals surface area contributed by atoms with Crippen molar-refractivity contribution < 1.29 is 13.9 Å². The van der Waals surface area contributed by atoms with Crippen LogP contribution in [0.4, 0.5) is 14.6 Å². The molecule has 0 spiro atoms. The first kappa shape index (κ1) is 11.7. The number of aromatic nitrogens is 2. The van der Waals surface area contributed by atoms with Crippen molar-refractivity contribution in [3.05, 3.63) is 30.6 Å². The molecular weight excluding hydrogens is 228 g/mol. The molecule has 0 aliphatic rings. The third-order valence-electron chi connectivity index (χ3n) is 2.29. The highest BCUT2D eigenvalue weighted by atomic mass is 19.3. The number of benzene rings is 1. The SMILES string of the molecule is OCC(F)(F)CNc1ncnc2ccccc12. The Morgan fingerprint density at radius 1 is 1.24 bits per heavy atom. The minimum Gasteiger partial charge on any atom is -0.390 e. The van der Waals surface area contributed by atoms with Gasteiger partial charge in [0, 0.05) is 5.39 Å². The number of fused-ring (bicyclic) bond motifs is 1. The maximum atomic E-state index is 12.9. The van der Waals surface area contributed by atoms with Crippen LogP contribution in [0.5, 0.6) is 0 Å². The van der Waals surface area contributed by atoms with Gasteiger partial charge in [0.2, 0.25) is 0 Å². The number of hydrogen-bond donors (Lipinski definition) is 2. The second-order valence-corrected chi connectivity index (χ2v) is 3.61. The van der Waals surface area contributed by atoms with Gasteiger partial charge in [0.05, 0.1) is 12.1 Å². The number of aliphatic hydroxyl groups is 1. The van der Waals surface area contributed by atoms with E-state index in [2.05, 4.69) is 15.3 Å². The van der Waals surface area contributed by atoms with Gasteiger partial charge in [0.15, 0.2) is 0 Å². The Morgan fingerprint density at radius 3 is 2.76 bits per heavy atom. The second kappa shape index (κ2) is 4.58. The molecule has 0 aliphatic heterocycles. The monoisotopic (exact) mass is 239 g/mol. The van der Waals surface area contributed by atoms with Gasteiger partial charge in [-0.3, -0.25) is 0 Å². The fourth-order valence-electron chi connectivity index (χ4n) is 1.41. The third-order valence-corrected chi connectivity index (χ3v) is 2.29. The summed E-state index contributed by atoms with van der Waals surface area (Å²) in [5.74, 6) is -2.82. The van der Waals surface area contributed by atoms with E-state index in [1.807, 2.05) is 0 Å². The number of aliphatic hydroxyl groups excluding tert-OH is 1. The predicted molar refractivity (Wildman–Crippen MR) is 60.1 cm³/mol. The van der Waals surface area contributed by atoms with Crippen molar-refractivity contribution in [1.82, 2.24) is 9.97 Å². The summed E-state index contributed by atoms with van der Waals surface area (Å²) in [6.45, 7) is -1.85. The molecule has 0 saturated carbocycles. The van der Waals surface area contributed by atoms with E-state index in [4.69, 9.17) is 5.11 Å². The Labute approximate surface area is 96.3 Å². The van der Waals surface area contributed by atoms with E-state index in [0.717, 1.165) is 0 Å². The number of anilines is 1. The number of nitrogens with zero attached hydrogens (tertiary/aromatic N) is 2. The van der Waals surface area contributed by atoms with Crippen LogP contribution in [0.25, 0.3) is 10.9 Å². The molecule has 17 heavy (non-hydrogen) atoms. The first-order chi connectivity index (χ1) is 8.12. The molecule has 1 aromatic carbocycles. The fraction of sp³-hybridized carbons (Fsp3) is 0.273. The van der Waals surface area contributed by atoms with Crippen LogP contribution in [-0.2, 0) is 0 Å². The molecule has 0 amide bonds. The lowest BCUT2D eigenvalue weighted by Crippen LogP contribution is -2.31. The Bertz CT molecular complexity index is 514. The fourth-order valence-corrected chi connectivity index (χ4v) is 1.41. The summed E-state index contributed by atoms with van der Waals surface area (Å²) in [6.07, 6.45) is 1.31. The van der Waals surface area contributed by atoms with Gasteiger partial charge in [0.25, 0.3) is 5.92 Å². The van der Waals surface area contributed by atoms with E-state index >= 15 is 0 Å². The van der Waals surface area contributed by atoms with Crippen molar-refractivity contribution in [2.45, 2.75) is 5.92 Å². The van der Waals surface area contributed by atoms with E-state index in [1.165, 1.54) is 6.33 Å². The van der Waals surface area contributed by atoms with Crippen LogP contribution >= 0.6 is 0 Å². The van der Waals surface area contributed by atoms with Gasteiger partial charge in [-0.05, 0) is 12.1 Å². The summed E-state index contributed by atoms with van der Waals surface area (Å²) in [5, 5.41) is 11.7. The van der Waals surface area contributed by atoms with Gasteiger partial charge in [-0.1, -0.05) is 12.1 Å². The first-order valence-electron chi connectivity index (χ1n) is 5.05. The van der Waals surface area contributed by atoms with Crippen molar-refractivity contribution >= 4 is 16.7 Å².